The molecule has 0 N–H and O–H groups in total. The van der Waals surface area contributed by atoms with Crippen molar-refractivity contribution < 1.29 is 9.53 Å². The van der Waals surface area contributed by atoms with Crippen molar-refractivity contribution in [1.29, 1.82) is 0 Å². The highest BCUT2D eigenvalue weighted by Gasteiger charge is 2.27. The van der Waals surface area contributed by atoms with Crippen molar-refractivity contribution in [3.8, 4) is 5.75 Å². The van der Waals surface area contributed by atoms with Crippen LogP contribution < -0.4 is 4.74 Å². The van der Waals surface area contributed by atoms with E-state index in [0.717, 1.165) is 53.7 Å². The summed E-state index contributed by atoms with van der Waals surface area (Å²) in [6.07, 6.45) is 3.52. The Hall–Kier alpha value is -1.95. The number of hydrogen-bond acceptors (Lipinski definition) is 5. The lowest BCUT2D eigenvalue weighted by atomic mass is 9.98. The van der Waals surface area contributed by atoms with Gasteiger partial charge in [0.15, 0.2) is 0 Å². The molecule has 0 aliphatic carbocycles. The van der Waals surface area contributed by atoms with Crippen molar-refractivity contribution in [2.45, 2.75) is 45.4 Å². The smallest absolute Gasteiger partial charge is 0.227 e. The Labute approximate surface area is 159 Å². The molecule has 0 spiro atoms. The van der Waals surface area contributed by atoms with Gasteiger partial charge in [-0.05, 0) is 36.5 Å². The molecule has 1 atom stereocenters. The van der Waals surface area contributed by atoms with E-state index in [-0.39, 0.29) is 5.91 Å². The quantitative estimate of drug-likeness (QED) is 0.775. The molecule has 1 amide bonds. The zero-order valence-corrected chi connectivity index (χ0v) is 16.6. The Kier molecular flexibility index (Phi) is 6.25. The highest BCUT2D eigenvalue weighted by atomic mass is 32.1. The van der Waals surface area contributed by atoms with E-state index >= 15 is 0 Å². The van der Waals surface area contributed by atoms with Crippen molar-refractivity contribution in [2.24, 2.45) is 5.92 Å². The third-order valence-electron chi connectivity index (χ3n) is 4.70. The Balaban J connectivity index is 1.60. The summed E-state index contributed by atoms with van der Waals surface area (Å²) >= 11 is 1.72. The number of benzene rings is 1. The van der Waals surface area contributed by atoms with Crippen LogP contribution in [0.5, 0.6) is 5.75 Å². The Morgan fingerprint density at radius 2 is 2.08 bits per heavy atom. The largest absolute Gasteiger partial charge is 0.497 e. The van der Waals surface area contributed by atoms with Gasteiger partial charge in [0.2, 0.25) is 5.91 Å². The number of rotatable bonds is 6. The molecule has 140 valence electrons. The summed E-state index contributed by atoms with van der Waals surface area (Å²) in [7, 11) is 1.65. The number of ether oxygens (including phenoxy) is 1. The maximum atomic E-state index is 12.7. The van der Waals surface area contributed by atoms with Crippen LogP contribution in [-0.2, 0) is 17.6 Å². The molecule has 0 radical (unpaired) electrons. The maximum absolute atomic E-state index is 12.7. The summed E-state index contributed by atoms with van der Waals surface area (Å²) in [5.41, 5.74) is 1.02. The minimum Gasteiger partial charge on any atom is -0.497 e. The van der Waals surface area contributed by atoms with Gasteiger partial charge in [-0.3, -0.25) is 4.79 Å². The molecule has 1 aliphatic heterocycles. The molecule has 1 aromatic carbocycles. The first kappa shape index (κ1) is 18.8. The number of likely N-dealkylation sites (tertiary alicyclic amines) is 1. The van der Waals surface area contributed by atoms with E-state index in [1.807, 2.05) is 29.2 Å². The minimum absolute atomic E-state index is 0.187. The Bertz CT molecular complexity index is 727. The topological polar surface area (TPSA) is 55.3 Å². The number of piperidine rings is 1. The van der Waals surface area contributed by atoms with Crippen molar-refractivity contribution in [3.05, 3.63) is 39.8 Å². The first-order valence-corrected chi connectivity index (χ1v) is 10.1. The van der Waals surface area contributed by atoms with Crippen LogP contribution in [0.1, 0.15) is 48.2 Å². The van der Waals surface area contributed by atoms with Crippen LogP contribution in [0, 0.1) is 5.92 Å². The molecular formula is C20H27N3O2S. The molecule has 1 saturated heterocycles. The molecule has 5 nitrogen and oxygen atoms in total. The molecule has 0 bridgehead atoms. The second kappa shape index (κ2) is 8.62. The molecule has 0 saturated carbocycles. The molecule has 1 aliphatic rings. The number of aromatic nitrogens is 2. The van der Waals surface area contributed by atoms with Gasteiger partial charge in [0.05, 0.1) is 13.5 Å². The zero-order chi connectivity index (χ0) is 18.5. The molecule has 3 rings (SSSR count). The van der Waals surface area contributed by atoms with Gasteiger partial charge in [-0.25, -0.2) is 0 Å². The van der Waals surface area contributed by atoms with E-state index in [2.05, 4.69) is 24.0 Å². The number of nitrogens with zero attached hydrogens (tertiary/aromatic N) is 3. The molecular weight excluding hydrogens is 346 g/mol. The predicted molar refractivity (Wildman–Crippen MR) is 104 cm³/mol. The third-order valence-corrected chi connectivity index (χ3v) is 5.81. The van der Waals surface area contributed by atoms with Crippen LogP contribution in [0.2, 0.25) is 0 Å². The first-order chi connectivity index (χ1) is 12.5. The molecule has 2 aromatic rings. The summed E-state index contributed by atoms with van der Waals surface area (Å²) in [6, 6.07) is 7.72. The fourth-order valence-corrected chi connectivity index (χ4v) is 4.48. The highest BCUT2D eigenvalue weighted by molar-refractivity contribution is 7.11. The van der Waals surface area contributed by atoms with Crippen LogP contribution >= 0.6 is 11.3 Å². The van der Waals surface area contributed by atoms with E-state index in [4.69, 9.17) is 4.74 Å². The number of carbonyl (C=O) groups is 1. The lowest BCUT2D eigenvalue weighted by Crippen LogP contribution is -2.39. The fraction of sp³-hybridized carbons (Fsp3) is 0.550. The summed E-state index contributed by atoms with van der Waals surface area (Å²) in [5.74, 6) is 1.91. The van der Waals surface area contributed by atoms with Crippen molar-refractivity contribution >= 4 is 17.2 Å². The monoisotopic (exact) mass is 373 g/mol. The average Bonchev–Trinajstić information content (AvgIpc) is 3.10. The van der Waals surface area contributed by atoms with Crippen molar-refractivity contribution in [2.75, 3.05) is 20.2 Å². The number of carbonyl (C=O) groups excluding carboxylic acids is 1. The van der Waals surface area contributed by atoms with Gasteiger partial charge < -0.3 is 9.64 Å². The van der Waals surface area contributed by atoms with Crippen LogP contribution in [0.25, 0.3) is 0 Å². The summed E-state index contributed by atoms with van der Waals surface area (Å²) in [6.45, 7) is 5.98. The molecule has 1 unspecified atom stereocenters. The van der Waals surface area contributed by atoms with Gasteiger partial charge in [-0.2, -0.15) is 0 Å². The highest BCUT2D eigenvalue weighted by Crippen LogP contribution is 2.30. The molecule has 26 heavy (non-hydrogen) atoms. The second-order valence-electron chi connectivity index (χ2n) is 7.34. The lowest BCUT2D eigenvalue weighted by Gasteiger charge is -2.31. The second-order valence-corrected chi connectivity index (χ2v) is 8.43. The normalized spacial score (nSPS) is 17.5. The fourth-order valence-electron chi connectivity index (χ4n) is 3.30. The van der Waals surface area contributed by atoms with Crippen LogP contribution in [0.3, 0.4) is 0 Å². The maximum Gasteiger partial charge on any atom is 0.227 e. The van der Waals surface area contributed by atoms with Gasteiger partial charge in [-0.1, -0.05) is 26.0 Å². The minimum atomic E-state index is 0.187. The lowest BCUT2D eigenvalue weighted by molar-refractivity contribution is -0.131. The molecule has 2 heterocycles. The zero-order valence-electron chi connectivity index (χ0n) is 15.8. The van der Waals surface area contributed by atoms with Gasteiger partial charge >= 0.3 is 0 Å². The molecule has 1 aromatic heterocycles. The molecule has 6 heteroatoms. The third kappa shape index (κ3) is 4.81. The summed E-state index contributed by atoms with van der Waals surface area (Å²) in [5, 5.41) is 10.9. The van der Waals surface area contributed by atoms with Crippen molar-refractivity contribution in [1.82, 2.24) is 15.1 Å². The SMILES string of the molecule is COc1ccc(CC(=O)N2CCCC(c3nnc(CC(C)C)s3)C2)cc1. The number of hydrogen-bond donors (Lipinski definition) is 0. The Morgan fingerprint density at radius 3 is 2.77 bits per heavy atom. The predicted octanol–water partition coefficient (Wildman–Crippen LogP) is 3.69. The number of methoxy groups -OCH3 is 1. The van der Waals surface area contributed by atoms with Gasteiger partial charge in [0, 0.05) is 25.4 Å². The average molecular weight is 374 g/mol. The van der Waals surface area contributed by atoms with E-state index in [0.29, 0.717) is 18.3 Å². The van der Waals surface area contributed by atoms with E-state index in [1.165, 1.54) is 0 Å². The molecule has 1 fully saturated rings. The van der Waals surface area contributed by atoms with Crippen LogP contribution in [0.4, 0.5) is 0 Å². The van der Waals surface area contributed by atoms with Crippen LogP contribution in [-0.4, -0.2) is 41.2 Å². The van der Waals surface area contributed by atoms with E-state index in [9.17, 15) is 4.79 Å². The van der Waals surface area contributed by atoms with Gasteiger partial charge in [-0.15, -0.1) is 21.5 Å². The summed E-state index contributed by atoms with van der Waals surface area (Å²) in [4.78, 5) is 14.7. The van der Waals surface area contributed by atoms with Gasteiger partial charge in [0.1, 0.15) is 15.8 Å². The van der Waals surface area contributed by atoms with Crippen molar-refractivity contribution in [3.63, 3.8) is 0 Å². The summed E-state index contributed by atoms with van der Waals surface area (Å²) < 4.78 is 5.17. The number of amides is 1. The van der Waals surface area contributed by atoms with Gasteiger partial charge in [0.25, 0.3) is 0 Å². The first-order valence-electron chi connectivity index (χ1n) is 9.28. The van der Waals surface area contributed by atoms with E-state index < -0.39 is 0 Å². The van der Waals surface area contributed by atoms with Crippen LogP contribution in [0.15, 0.2) is 24.3 Å². The Morgan fingerprint density at radius 1 is 1.31 bits per heavy atom. The standard InChI is InChI=1S/C20H27N3O2S/c1-14(2)11-18-21-22-20(26-18)16-5-4-10-23(13-16)19(24)12-15-6-8-17(25-3)9-7-15/h6-9,14,16H,4-5,10-13H2,1-3H3. The van der Waals surface area contributed by atoms with E-state index in [1.54, 1.807) is 18.4 Å².